The number of hydrogen-bond donors (Lipinski definition) is 4. The van der Waals surface area contributed by atoms with Crippen LogP contribution in [-0.2, 0) is 0 Å². The first-order chi connectivity index (χ1) is 11.9. The standard InChI is InChI=1S/C16H16FN5O3/c17-8-4-11(18)14(19-7-8)16(25)21-10-5-9(6-10)20-15(24)12-2-1-3-13(23)22-12/h1-4,7,9-10H,5-6,18H2,(H,20,24)(H,21,25)(H,22,23). The van der Waals surface area contributed by atoms with Gasteiger partial charge in [-0.3, -0.25) is 14.4 Å². The van der Waals surface area contributed by atoms with Crippen molar-refractivity contribution in [2.75, 3.05) is 5.73 Å². The van der Waals surface area contributed by atoms with E-state index in [1.54, 1.807) is 0 Å². The maximum atomic E-state index is 13.0. The monoisotopic (exact) mass is 345 g/mol. The second-order valence-corrected chi connectivity index (χ2v) is 5.83. The van der Waals surface area contributed by atoms with Crippen LogP contribution in [-0.4, -0.2) is 33.9 Å². The van der Waals surface area contributed by atoms with Crippen molar-refractivity contribution in [2.45, 2.75) is 24.9 Å². The number of amides is 2. The van der Waals surface area contributed by atoms with Gasteiger partial charge in [-0.25, -0.2) is 9.37 Å². The zero-order valence-electron chi connectivity index (χ0n) is 13.1. The Labute approximate surface area is 141 Å². The first kappa shape index (κ1) is 16.6. The number of aromatic nitrogens is 2. The van der Waals surface area contributed by atoms with Crippen molar-refractivity contribution in [1.29, 1.82) is 0 Å². The molecule has 9 heteroatoms. The highest BCUT2D eigenvalue weighted by Crippen LogP contribution is 2.21. The predicted octanol–water partition coefficient (Wildman–Crippen LogP) is 0.182. The molecule has 0 aliphatic heterocycles. The smallest absolute Gasteiger partial charge is 0.272 e. The maximum absolute atomic E-state index is 13.0. The van der Waals surface area contributed by atoms with Crippen LogP contribution in [0, 0.1) is 5.82 Å². The Morgan fingerprint density at radius 2 is 1.88 bits per heavy atom. The molecule has 0 bridgehead atoms. The summed E-state index contributed by atoms with van der Waals surface area (Å²) in [7, 11) is 0. The summed E-state index contributed by atoms with van der Waals surface area (Å²) in [4.78, 5) is 41.4. The van der Waals surface area contributed by atoms with Crippen LogP contribution in [0.25, 0.3) is 0 Å². The zero-order chi connectivity index (χ0) is 18.0. The first-order valence-corrected chi connectivity index (χ1v) is 7.64. The van der Waals surface area contributed by atoms with Crippen molar-refractivity contribution < 1.29 is 14.0 Å². The fourth-order valence-corrected chi connectivity index (χ4v) is 2.60. The molecule has 0 radical (unpaired) electrons. The van der Waals surface area contributed by atoms with Gasteiger partial charge >= 0.3 is 0 Å². The van der Waals surface area contributed by atoms with Gasteiger partial charge in [0.1, 0.15) is 11.5 Å². The lowest BCUT2D eigenvalue weighted by Gasteiger charge is -2.36. The lowest BCUT2D eigenvalue weighted by Crippen LogP contribution is -2.54. The van der Waals surface area contributed by atoms with Crippen LogP contribution in [0.4, 0.5) is 10.1 Å². The van der Waals surface area contributed by atoms with Crippen molar-refractivity contribution in [1.82, 2.24) is 20.6 Å². The molecule has 0 atom stereocenters. The summed E-state index contributed by atoms with van der Waals surface area (Å²) in [6.45, 7) is 0. The van der Waals surface area contributed by atoms with E-state index in [0.29, 0.717) is 12.8 Å². The van der Waals surface area contributed by atoms with Crippen molar-refractivity contribution in [3.63, 3.8) is 0 Å². The molecule has 1 saturated carbocycles. The van der Waals surface area contributed by atoms with Gasteiger partial charge in [-0.2, -0.15) is 0 Å². The van der Waals surface area contributed by atoms with E-state index < -0.39 is 11.7 Å². The molecule has 8 nitrogen and oxygen atoms in total. The summed E-state index contributed by atoms with van der Waals surface area (Å²) in [5.74, 6) is -1.48. The minimum Gasteiger partial charge on any atom is -0.397 e. The number of pyridine rings is 2. The zero-order valence-corrected chi connectivity index (χ0v) is 13.1. The van der Waals surface area contributed by atoms with Gasteiger partial charge in [0.15, 0.2) is 5.69 Å². The van der Waals surface area contributed by atoms with Crippen LogP contribution in [0.5, 0.6) is 0 Å². The Morgan fingerprint density at radius 1 is 1.20 bits per heavy atom. The topological polar surface area (TPSA) is 130 Å². The molecule has 2 aromatic rings. The lowest BCUT2D eigenvalue weighted by molar-refractivity contribution is 0.0857. The number of carbonyl (C=O) groups is 2. The van der Waals surface area contributed by atoms with E-state index in [0.717, 1.165) is 12.3 Å². The fourth-order valence-electron chi connectivity index (χ4n) is 2.60. The normalized spacial score (nSPS) is 18.9. The van der Waals surface area contributed by atoms with Crippen molar-refractivity contribution in [3.05, 3.63) is 58.0 Å². The van der Waals surface area contributed by atoms with Crippen LogP contribution in [0.1, 0.15) is 33.8 Å². The Hall–Kier alpha value is -3.23. The number of halogens is 1. The number of H-pyrrole nitrogens is 1. The Bertz CT molecular complexity index is 876. The highest BCUT2D eigenvalue weighted by Gasteiger charge is 2.32. The Morgan fingerprint density at radius 3 is 2.52 bits per heavy atom. The van der Waals surface area contributed by atoms with Crippen molar-refractivity contribution in [2.24, 2.45) is 0 Å². The molecule has 0 unspecified atom stereocenters. The van der Waals surface area contributed by atoms with Crippen LogP contribution < -0.4 is 21.9 Å². The third-order valence-corrected chi connectivity index (χ3v) is 3.92. The molecule has 2 amide bonds. The number of anilines is 1. The molecule has 0 aromatic carbocycles. The van der Waals surface area contributed by atoms with E-state index in [1.807, 2.05) is 0 Å². The number of nitrogens with two attached hydrogens (primary N) is 1. The van der Waals surface area contributed by atoms with Gasteiger partial charge in [0.05, 0.1) is 11.9 Å². The average Bonchev–Trinajstić information content (AvgIpc) is 2.52. The molecule has 2 heterocycles. The lowest BCUT2D eigenvalue weighted by atomic mass is 9.86. The van der Waals surface area contributed by atoms with Gasteiger partial charge in [-0.1, -0.05) is 6.07 Å². The molecule has 25 heavy (non-hydrogen) atoms. The van der Waals surface area contributed by atoms with Gasteiger partial charge in [-0.05, 0) is 18.9 Å². The number of rotatable bonds is 4. The van der Waals surface area contributed by atoms with Gasteiger partial charge in [-0.15, -0.1) is 0 Å². The van der Waals surface area contributed by atoms with Gasteiger partial charge < -0.3 is 21.4 Å². The van der Waals surface area contributed by atoms with E-state index in [9.17, 15) is 18.8 Å². The molecular formula is C16H16FN5O3. The molecule has 0 spiro atoms. The minimum atomic E-state index is -0.612. The Balaban J connectivity index is 1.50. The van der Waals surface area contributed by atoms with Crippen LogP contribution in [0.15, 0.2) is 35.3 Å². The molecule has 1 fully saturated rings. The molecule has 130 valence electrons. The largest absolute Gasteiger partial charge is 0.397 e. The molecule has 1 aliphatic carbocycles. The number of nitrogens with zero attached hydrogens (tertiary/aromatic N) is 1. The summed E-state index contributed by atoms with van der Waals surface area (Å²) >= 11 is 0. The van der Waals surface area contributed by atoms with E-state index in [1.165, 1.54) is 18.2 Å². The second kappa shape index (κ2) is 6.71. The quantitative estimate of drug-likeness (QED) is 0.628. The van der Waals surface area contributed by atoms with Crippen molar-refractivity contribution >= 4 is 17.5 Å². The molecule has 2 aromatic heterocycles. The summed E-state index contributed by atoms with van der Waals surface area (Å²) in [6.07, 6.45) is 2.00. The molecule has 3 rings (SSSR count). The van der Waals surface area contributed by atoms with Gasteiger partial charge in [0.25, 0.3) is 11.8 Å². The predicted molar refractivity (Wildman–Crippen MR) is 87.4 cm³/mol. The molecule has 0 saturated heterocycles. The van der Waals surface area contributed by atoms with Crippen LogP contribution in [0.3, 0.4) is 0 Å². The van der Waals surface area contributed by atoms with Crippen LogP contribution >= 0.6 is 0 Å². The number of carbonyl (C=O) groups excluding carboxylic acids is 2. The maximum Gasteiger partial charge on any atom is 0.272 e. The first-order valence-electron chi connectivity index (χ1n) is 7.64. The number of hydrogen-bond acceptors (Lipinski definition) is 5. The second-order valence-electron chi connectivity index (χ2n) is 5.83. The van der Waals surface area contributed by atoms with E-state index in [4.69, 9.17) is 5.73 Å². The van der Waals surface area contributed by atoms with Gasteiger partial charge in [0, 0.05) is 24.2 Å². The SMILES string of the molecule is Nc1cc(F)cnc1C(=O)NC1CC(NC(=O)c2cccc(=O)[nH]2)C1. The minimum absolute atomic E-state index is 0.0317. The number of nitrogen functional groups attached to an aromatic ring is 1. The Kier molecular flexibility index (Phi) is 4.46. The van der Waals surface area contributed by atoms with Crippen LogP contribution in [0.2, 0.25) is 0 Å². The summed E-state index contributed by atoms with van der Waals surface area (Å²) < 4.78 is 13.0. The third kappa shape index (κ3) is 3.82. The highest BCUT2D eigenvalue weighted by molar-refractivity contribution is 5.97. The summed E-state index contributed by atoms with van der Waals surface area (Å²) in [5, 5.41) is 5.50. The van der Waals surface area contributed by atoms with E-state index in [-0.39, 0.29) is 40.6 Å². The van der Waals surface area contributed by atoms with E-state index in [2.05, 4.69) is 20.6 Å². The molecule has 1 aliphatic rings. The average molecular weight is 345 g/mol. The highest BCUT2D eigenvalue weighted by atomic mass is 19.1. The summed E-state index contributed by atoms with van der Waals surface area (Å²) in [6, 6.07) is 5.11. The van der Waals surface area contributed by atoms with Gasteiger partial charge in [0.2, 0.25) is 5.56 Å². The fraction of sp³-hybridized carbons (Fsp3) is 0.250. The molecule has 5 N–H and O–H groups in total. The number of aromatic amines is 1. The summed E-state index contributed by atoms with van der Waals surface area (Å²) in [5.41, 5.74) is 5.35. The third-order valence-electron chi connectivity index (χ3n) is 3.92. The van der Waals surface area contributed by atoms with E-state index >= 15 is 0 Å². The number of nitrogens with one attached hydrogen (secondary N) is 3. The molecular weight excluding hydrogens is 329 g/mol. The van der Waals surface area contributed by atoms with Crippen molar-refractivity contribution in [3.8, 4) is 0 Å².